The van der Waals surface area contributed by atoms with E-state index in [1.165, 1.54) is 61.2 Å². The molecule has 0 aliphatic carbocycles. The van der Waals surface area contributed by atoms with Crippen molar-refractivity contribution in [2.75, 3.05) is 167 Å². The predicted molar refractivity (Wildman–Crippen MR) is 523 cm³/mol. The minimum absolute atomic E-state index is 0.0958. The lowest BCUT2D eigenvalue weighted by atomic mass is 9.78. The van der Waals surface area contributed by atoms with Crippen LogP contribution in [-0.4, -0.2) is 266 Å². The summed E-state index contributed by atoms with van der Waals surface area (Å²) < 4.78 is 102. The van der Waals surface area contributed by atoms with Crippen LogP contribution in [0.3, 0.4) is 0 Å². The van der Waals surface area contributed by atoms with Crippen molar-refractivity contribution < 1.29 is 99.8 Å². The molecular formula is C107H167F2N5O19S. The molecule has 0 aromatic heterocycles. The van der Waals surface area contributed by atoms with Crippen molar-refractivity contribution in [3.63, 3.8) is 0 Å². The van der Waals surface area contributed by atoms with Crippen molar-refractivity contribution >= 4 is 10.1 Å². The Balaban J connectivity index is 0.000000161. The minimum atomic E-state index is -3.43. The Kier molecular flexibility index (Phi) is 42.1. The van der Waals surface area contributed by atoms with Crippen molar-refractivity contribution in [2.45, 2.75) is 271 Å². The van der Waals surface area contributed by atoms with E-state index < -0.39 is 10.1 Å². The molecule has 754 valence electrons. The number of methoxy groups -OCH3 is 5. The van der Waals surface area contributed by atoms with Crippen molar-refractivity contribution in [1.82, 2.24) is 24.5 Å². The van der Waals surface area contributed by atoms with Crippen LogP contribution in [0.25, 0.3) is 0 Å². The van der Waals surface area contributed by atoms with E-state index >= 15 is 0 Å². The molecule has 0 spiro atoms. The summed E-state index contributed by atoms with van der Waals surface area (Å²) in [6.07, 6.45) is 18.7. The SMILES string of the molecule is COc1cc2c(cc1CCCCO)CCN1C[C@@H](CC(C)C)C(O)C[C@H]21.COc1cc2c(cc1OCCCF)CCN1C[C@@H](CC(C)C)[C@H](O)C[C@H]21.COc1cc2c(cc1OCCCF)CCN1C[C@@H](CC(C)C)[C@H](O)C[C@H]21.COc1cc2c(cc1OCCCO)CCN1C[C@@H](CC(C)C)[C@H](O)C[C@H]21.COc1cc2c(cc1OCCCOS(C)(=O)=O)CCN1C[C@@H](CC(C)C)[C@H](O)C[C@H]21. The molecule has 10 aliphatic heterocycles. The molecule has 7 N–H and O–H groups in total. The molecule has 5 saturated heterocycles. The zero-order valence-electron chi connectivity index (χ0n) is 83.7. The van der Waals surface area contributed by atoms with Gasteiger partial charge in [-0.25, -0.2) is 0 Å². The summed E-state index contributed by atoms with van der Waals surface area (Å²) in [4.78, 5) is 12.7. The highest BCUT2D eigenvalue weighted by Gasteiger charge is 2.45. The largest absolute Gasteiger partial charge is 0.496 e. The van der Waals surface area contributed by atoms with E-state index in [1.54, 1.807) is 35.5 Å². The number of rotatable bonds is 37. The number of aryl methyl sites for hydroxylation is 1. The summed E-state index contributed by atoms with van der Waals surface area (Å²) in [5.74, 6) is 11.4. The second-order valence-corrected chi connectivity index (χ2v) is 43.2. The van der Waals surface area contributed by atoms with Crippen LogP contribution in [0, 0.1) is 59.2 Å². The minimum Gasteiger partial charge on any atom is -0.496 e. The Bertz CT molecular complexity index is 4120. The van der Waals surface area contributed by atoms with Gasteiger partial charge >= 0.3 is 0 Å². The van der Waals surface area contributed by atoms with E-state index in [-0.39, 0.29) is 87.9 Å². The number of piperidine rings is 5. The van der Waals surface area contributed by atoms with Gasteiger partial charge in [-0.2, -0.15) is 8.42 Å². The molecule has 10 aliphatic rings. The van der Waals surface area contributed by atoms with E-state index in [0.29, 0.717) is 152 Å². The highest BCUT2D eigenvalue weighted by molar-refractivity contribution is 7.86. The zero-order chi connectivity index (χ0) is 96.6. The van der Waals surface area contributed by atoms with Gasteiger partial charge in [0.05, 0.1) is 119 Å². The molecule has 5 aromatic carbocycles. The Morgan fingerprint density at radius 2 is 0.575 bits per heavy atom. The quantitative estimate of drug-likeness (QED) is 0.0144. The van der Waals surface area contributed by atoms with Gasteiger partial charge in [0.25, 0.3) is 10.1 Å². The molecule has 0 amide bonds. The van der Waals surface area contributed by atoms with Crippen LogP contribution in [0.1, 0.15) is 263 Å². The van der Waals surface area contributed by atoms with Crippen LogP contribution in [0.15, 0.2) is 60.7 Å². The zero-order valence-corrected chi connectivity index (χ0v) is 84.6. The van der Waals surface area contributed by atoms with Gasteiger partial charge in [-0.15, -0.1) is 0 Å². The van der Waals surface area contributed by atoms with Crippen molar-refractivity contribution in [2.24, 2.45) is 59.2 Å². The fraction of sp³-hybridized carbons (Fsp3) is 0.720. The van der Waals surface area contributed by atoms with E-state index in [0.717, 1.165) is 205 Å². The third-order valence-corrected chi connectivity index (χ3v) is 29.8. The number of aliphatic hydroxyl groups is 7. The maximum Gasteiger partial charge on any atom is 0.264 e. The van der Waals surface area contributed by atoms with Crippen molar-refractivity contribution in [3.8, 4) is 51.7 Å². The monoisotopic (exact) mass is 1900 g/mol. The molecular weight excluding hydrogens is 1730 g/mol. The number of halogens is 2. The highest BCUT2D eigenvalue weighted by Crippen LogP contribution is 2.51. The molecule has 5 aromatic rings. The molecule has 0 bridgehead atoms. The molecule has 15 rings (SSSR count). The first-order chi connectivity index (χ1) is 64.3. The fourth-order valence-electron chi connectivity index (χ4n) is 22.8. The van der Waals surface area contributed by atoms with Crippen LogP contribution in [-0.2, 0) is 52.8 Å². The average Bonchev–Trinajstić information content (AvgIpc) is 0.785. The molecule has 27 heteroatoms. The summed E-state index contributed by atoms with van der Waals surface area (Å²) in [7, 11) is 4.88. The maximum atomic E-state index is 12.3. The van der Waals surface area contributed by atoms with Gasteiger partial charge in [0.15, 0.2) is 46.0 Å². The Labute approximate surface area is 800 Å². The fourth-order valence-corrected chi connectivity index (χ4v) is 23.3. The number of nitrogens with zero attached hydrogens (tertiary/aromatic N) is 5. The Morgan fingerprint density at radius 3 is 0.813 bits per heavy atom. The summed E-state index contributed by atoms with van der Waals surface area (Å²) in [6, 6.07) is 22.3. The van der Waals surface area contributed by atoms with E-state index in [9.17, 15) is 42.7 Å². The van der Waals surface area contributed by atoms with Crippen LogP contribution in [0.2, 0.25) is 0 Å². The van der Waals surface area contributed by atoms with Crippen LogP contribution < -0.4 is 42.6 Å². The van der Waals surface area contributed by atoms with Crippen molar-refractivity contribution in [3.05, 3.63) is 122 Å². The normalized spacial score (nSPS) is 25.4. The van der Waals surface area contributed by atoms with Gasteiger partial charge in [-0.1, -0.05) is 75.3 Å². The molecule has 15 atom stereocenters. The van der Waals surface area contributed by atoms with Crippen molar-refractivity contribution in [1.29, 1.82) is 0 Å². The third-order valence-electron chi connectivity index (χ3n) is 29.2. The highest BCUT2D eigenvalue weighted by atomic mass is 32.2. The summed E-state index contributed by atoms with van der Waals surface area (Å²) >= 11 is 0. The number of hydrogen-bond acceptors (Lipinski definition) is 24. The van der Waals surface area contributed by atoms with Gasteiger partial charge in [0, 0.05) is 135 Å². The van der Waals surface area contributed by atoms with Crippen LogP contribution >= 0.6 is 0 Å². The van der Waals surface area contributed by atoms with E-state index in [2.05, 4.69) is 142 Å². The molecule has 1 unspecified atom stereocenters. The van der Waals surface area contributed by atoms with Crippen LogP contribution in [0.4, 0.5) is 8.78 Å². The number of aliphatic hydroxyl groups excluding tert-OH is 7. The smallest absolute Gasteiger partial charge is 0.264 e. The van der Waals surface area contributed by atoms with Gasteiger partial charge in [0.1, 0.15) is 5.75 Å². The number of fused-ring (bicyclic) bond motifs is 15. The number of ether oxygens (including phenoxy) is 9. The first kappa shape index (κ1) is 108. The second kappa shape index (κ2) is 52.2. The molecule has 0 radical (unpaired) electrons. The van der Waals surface area contributed by atoms with Gasteiger partial charge in [-0.3, -0.25) is 37.5 Å². The van der Waals surface area contributed by atoms with E-state index in [4.69, 9.17) is 57.0 Å². The lowest BCUT2D eigenvalue weighted by Gasteiger charge is -2.46. The summed E-state index contributed by atoms with van der Waals surface area (Å²) in [5.41, 5.74) is 14.0. The molecule has 5 fully saturated rings. The Hall–Kier alpha value is -6.41. The van der Waals surface area contributed by atoms with Crippen LogP contribution in [0.5, 0.6) is 51.7 Å². The average molecular weight is 1900 g/mol. The number of unbranched alkanes of at least 4 members (excludes halogenated alkanes) is 1. The summed E-state index contributed by atoms with van der Waals surface area (Å²) in [5, 5.41) is 71.5. The van der Waals surface area contributed by atoms with Gasteiger partial charge in [0.2, 0.25) is 0 Å². The topological polar surface area (TPSA) is 284 Å². The maximum absolute atomic E-state index is 12.3. The first-order valence-electron chi connectivity index (χ1n) is 50.6. The molecule has 0 saturated carbocycles. The third kappa shape index (κ3) is 29.4. The lowest BCUT2D eigenvalue weighted by Crippen LogP contribution is -2.48. The lowest BCUT2D eigenvalue weighted by molar-refractivity contribution is -0.0192. The molecule has 134 heavy (non-hydrogen) atoms. The Morgan fingerprint density at radius 1 is 0.328 bits per heavy atom. The number of hydrogen-bond donors (Lipinski definition) is 7. The van der Waals surface area contributed by atoms with Gasteiger partial charge < -0.3 is 78.4 Å². The first-order valence-corrected chi connectivity index (χ1v) is 52.4. The predicted octanol–water partition coefficient (Wildman–Crippen LogP) is 16.4. The second-order valence-electron chi connectivity index (χ2n) is 41.6. The standard InChI is InChI=1S/C22H35NO6S.C22H35NO3.2C21H32FNO3.C21H33NO4/c1-15(2)10-17-14-23-7-6-16-11-22(28-8-5-9-29-30(4,25)26)21(27-3)12-18(16)19(23)13-20(17)24;1-15(2)10-18-14-23-8-7-16-11-17(6-4-5-9-24)22(26-3)12-19(16)20(23)13-21(18)25;2*1-14(2)9-16-13-23-7-5-15-10-21(26-8-4-6-22)20(25-3)11-17(15)18(23)12-19(16)24;1-14(2)9-16-13-22-6-5-15-10-21(26-8-4-7-23)20(25-3)11-17(15)18(22)12-19(16)24/h11-12,15,17,19-20,24H,5-10,13-14H2,1-4H3;11-12,15,18,20-21,24-25H,4-10,13-14H2,1-3H3;2*10-11,14,16,18-19,24H,4-9,12-13H2,1-3H3;10-11,14,16,18-19,23-24H,4-9,12-13H2,1-3H3/t17-,19-,20-;18-,20-,21?;3*16-,18-,19-/m11111/s1. The number of alkyl halides is 2. The molecule has 10 heterocycles. The summed E-state index contributed by atoms with van der Waals surface area (Å²) in [6.45, 7) is 33.5. The van der Waals surface area contributed by atoms with E-state index in [1.807, 2.05) is 12.1 Å². The molecule has 24 nitrogen and oxygen atoms in total. The number of benzene rings is 5. The van der Waals surface area contributed by atoms with Gasteiger partial charge in [-0.05, 0) is 291 Å².